The molecule has 9 heteroatoms. The van der Waals surface area contributed by atoms with Gasteiger partial charge in [0.1, 0.15) is 17.9 Å². The predicted molar refractivity (Wildman–Crippen MR) is 112 cm³/mol. The van der Waals surface area contributed by atoms with Crippen LogP contribution in [0.1, 0.15) is 30.1 Å². The van der Waals surface area contributed by atoms with E-state index in [0.29, 0.717) is 18.2 Å². The van der Waals surface area contributed by atoms with Gasteiger partial charge < -0.3 is 15.0 Å². The number of nitrogens with zero attached hydrogens (tertiary/aromatic N) is 4. The third kappa shape index (κ3) is 5.11. The van der Waals surface area contributed by atoms with E-state index in [1.165, 1.54) is 36.8 Å². The SMILES string of the molecule is CC(F)(F)Oc1ccc(NC(=O)c2cnc(N3CCCC3)c(-c3cncnc3)c2)cc1. The molecule has 1 amide bonds. The first-order chi connectivity index (χ1) is 14.9. The van der Waals surface area contributed by atoms with Crippen LogP contribution in [0.2, 0.25) is 0 Å². The second kappa shape index (κ2) is 8.63. The van der Waals surface area contributed by atoms with Crippen molar-refractivity contribution >= 4 is 17.4 Å². The Morgan fingerprint density at radius 3 is 2.42 bits per heavy atom. The van der Waals surface area contributed by atoms with Crippen LogP contribution in [-0.4, -0.2) is 40.1 Å². The van der Waals surface area contributed by atoms with Gasteiger partial charge in [0, 0.05) is 55.4 Å². The van der Waals surface area contributed by atoms with Gasteiger partial charge in [-0.1, -0.05) is 0 Å². The fourth-order valence-corrected chi connectivity index (χ4v) is 3.43. The van der Waals surface area contributed by atoms with Crippen LogP contribution in [0.15, 0.2) is 55.2 Å². The molecule has 2 aromatic heterocycles. The van der Waals surface area contributed by atoms with Crippen molar-refractivity contribution in [2.75, 3.05) is 23.3 Å². The summed E-state index contributed by atoms with van der Waals surface area (Å²) >= 11 is 0. The Morgan fingerprint density at radius 2 is 1.77 bits per heavy atom. The van der Waals surface area contributed by atoms with Gasteiger partial charge in [-0.25, -0.2) is 15.0 Å². The zero-order valence-electron chi connectivity index (χ0n) is 16.9. The number of amides is 1. The Morgan fingerprint density at radius 1 is 1.10 bits per heavy atom. The highest BCUT2D eigenvalue weighted by Gasteiger charge is 2.23. The molecular formula is C22H21F2N5O2. The molecule has 0 aliphatic carbocycles. The molecule has 1 N–H and O–H groups in total. The van der Waals surface area contributed by atoms with Crippen LogP contribution in [0.5, 0.6) is 5.75 Å². The number of alkyl halides is 2. The van der Waals surface area contributed by atoms with Gasteiger partial charge in [0.15, 0.2) is 0 Å². The molecule has 160 valence electrons. The minimum atomic E-state index is -3.27. The number of carbonyl (C=O) groups excluding carboxylic acids is 1. The predicted octanol–water partition coefficient (Wildman–Crippen LogP) is 4.38. The molecule has 1 aliphatic rings. The van der Waals surface area contributed by atoms with Crippen molar-refractivity contribution in [3.05, 3.63) is 60.8 Å². The number of nitrogens with one attached hydrogen (secondary N) is 1. The molecule has 3 aromatic rings. The summed E-state index contributed by atoms with van der Waals surface area (Å²) in [5.74, 6) is 0.437. The van der Waals surface area contributed by atoms with Crippen molar-refractivity contribution in [3.8, 4) is 16.9 Å². The highest BCUT2D eigenvalue weighted by Crippen LogP contribution is 2.31. The van der Waals surface area contributed by atoms with Crippen LogP contribution >= 0.6 is 0 Å². The zero-order chi connectivity index (χ0) is 21.8. The summed E-state index contributed by atoms with van der Waals surface area (Å²) in [7, 11) is 0. The van der Waals surface area contributed by atoms with Crippen molar-refractivity contribution in [2.45, 2.75) is 25.9 Å². The number of hydrogen-bond acceptors (Lipinski definition) is 6. The van der Waals surface area contributed by atoms with E-state index >= 15 is 0 Å². The molecule has 0 atom stereocenters. The number of carbonyl (C=O) groups is 1. The largest absolute Gasteiger partial charge is 0.433 e. The fraction of sp³-hybridized carbons (Fsp3) is 0.273. The molecule has 1 saturated heterocycles. The van der Waals surface area contributed by atoms with Crippen LogP contribution in [-0.2, 0) is 0 Å². The maximum Gasteiger partial charge on any atom is 0.394 e. The molecule has 7 nitrogen and oxygen atoms in total. The van der Waals surface area contributed by atoms with E-state index in [0.717, 1.165) is 42.9 Å². The average molecular weight is 425 g/mol. The van der Waals surface area contributed by atoms with Gasteiger partial charge >= 0.3 is 6.11 Å². The first kappa shape index (κ1) is 20.6. The van der Waals surface area contributed by atoms with Gasteiger partial charge in [-0.3, -0.25) is 4.79 Å². The monoisotopic (exact) mass is 425 g/mol. The second-order valence-electron chi connectivity index (χ2n) is 7.30. The summed E-state index contributed by atoms with van der Waals surface area (Å²) in [5.41, 5.74) is 2.37. The topological polar surface area (TPSA) is 80.2 Å². The lowest BCUT2D eigenvalue weighted by atomic mass is 10.1. The highest BCUT2D eigenvalue weighted by atomic mass is 19.3. The molecule has 4 rings (SSSR count). The molecule has 0 radical (unpaired) electrons. The zero-order valence-corrected chi connectivity index (χ0v) is 16.9. The quantitative estimate of drug-likeness (QED) is 0.631. The van der Waals surface area contributed by atoms with Gasteiger partial charge in [0.25, 0.3) is 5.91 Å². The van der Waals surface area contributed by atoms with Crippen LogP contribution in [0.25, 0.3) is 11.1 Å². The Bertz CT molecular complexity index is 1050. The van der Waals surface area contributed by atoms with E-state index in [-0.39, 0.29) is 11.7 Å². The highest BCUT2D eigenvalue weighted by molar-refractivity contribution is 6.05. The van der Waals surface area contributed by atoms with Gasteiger partial charge in [0.2, 0.25) is 0 Å². The number of hydrogen-bond donors (Lipinski definition) is 1. The lowest BCUT2D eigenvalue weighted by Gasteiger charge is -2.20. The Kier molecular flexibility index (Phi) is 5.75. The maximum atomic E-state index is 13.0. The number of halogens is 2. The molecule has 0 saturated carbocycles. The molecule has 0 bridgehead atoms. The number of benzene rings is 1. The van der Waals surface area contributed by atoms with Crippen LogP contribution < -0.4 is 15.0 Å². The maximum absolute atomic E-state index is 13.0. The Balaban J connectivity index is 1.57. The van der Waals surface area contributed by atoms with Crippen molar-refractivity contribution < 1.29 is 18.3 Å². The van der Waals surface area contributed by atoms with E-state index in [9.17, 15) is 13.6 Å². The first-order valence-electron chi connectivity index (χ1n) is 9.88. The molecule has 1 fully saturated rings. The molecule has 0 spiro atoms. The summed E-state index contributed by atoms with van der Waals surface area (Å²) in [4.78, 5) is 27.7. The van der Waals surface area contributed by atoms with E-state index in [1.54, 1.807) is 18.5 Å². The van der Waals surface area contributed by atoms with E-state index in [2.05, 4.69) is 29.9 Å². The number of pyridine rings is 1. The van der Waals surface area contributed by atoms with Gasteiger partial charge in [-0.2, -0.15) is 8.78 Å². The third-order valence-corrected chi connectivity index (χ3v) is 4.82. The summed E-state index contributed by atoms with van der Waals surface area (Å²) in [6.45, 7) is 2.48. The molecule has 31 heavy (non-hydrogen) atoms. The van der Waals surface area contributed by atoms with Crippen LogP contribution in [0, 0.1) is 0 Å². The third-order valence-electron chi connectivity index (χ3n) is 4.82. The summed E-state index contributed by atoms with van der Waals surface area (Å²) in [5, 5.41) is 2.75. The van der Waals surface area contributed by atoms with Crippen molar-refractivity contribution in [1.82, 2.24) is 15.0 Å². The van der Waals surface area contributed by atoms with Gasteiger partial charge in [-0.05, 0) is 43.2 Å². The first-order valence-corrected chi connectivity index (χ1v) is 9.88. The summed E-state index contributed by atoms with van der Waals surface area (Å²) in [6, 6.07) is 7.50. The molecule has 0 unspecified atom stereocenters. The minimum absolute atomic E-state index is 0.00787. The Labute approximate surface area is 178 Å². The number of ether oxygens (including phenoxy) is 1. The normalized spacial score (nSPS) is 13.8. The summed E-state index contributed by atoms with van der Waals surface area (Å²) in [6.07, 6.45) is 5.28. The number of aromatic nitrogens is 3. The molecule has 1 aromatic carbocycles. The van der Waals surface area contributed by atoms with Crippen molar-refractivity contribution in [1.29, 1.82) is 0 Å². The average Bonchev–Trinajstić information content (AvgIpc) is 3.29. The van der Waals surface area contributed by atoms with E-state index in [1.807, 2.05) is 0 Å². The lowest BCUT2D eigenvalue weighted by molar-refractivity contribution is -0.158. The van der Waals surface area contributed by atoms with E-state index < -0.39 is 6.11 Å². The molecular weight excluding hydrogens is 404 g/mol. The van der Waals surface area contributed by atoms with Crippen LogP contribution in [0.3, 0.4) is 0 Å². The van der Waals surface area contributed by atoms with Crippen molar-refractivity contribution in [3.63, 3.8) is 0 Å². The standard InChI is InChI=1S/C22H21F2N5O2/c1-22(23,24)31-18-6-4-17(5-7-18)28-21(30)15-10-19(16-11-25-14-26-12-16)20(27-13-15)29-8-2-3-9-29/h4-7,10-14H,2-3,8-9H2,1H3,(H,28,30). The van der Waals surface area contributed by atoms with Crippen molar-refractivity contribution in [2.24, 2.45) is 0 Å². The van der Waals surface area contributed by atoms with E-state index in [4.69, 9.17) is 0 Å². The second-order valence-corrected chi connectivity index (χ2v) is 7.30. The minimum Gasteiger partial charge on any atom is -0.433 e. The Hall–Kier alpha value is -3.62. The van der Waals surface area contributed by atoms with Crippen LogP contribution in [0.4, 0.5) is 20.3 Å². The van der Waals surface area contributed by atoms with Gasteiger partial charge in [0.05, 0.1) is 5.56 Å². The number of anilines is 2. The summed E-state index contributed by atoms with van der Waals surface area (Å²) < 4.78 is 30.4. The smallest absolute Gasteiger partial charge is 0.394 e. The molecule has 1 aliphatic heterocycles. The number of rotatable bonds is 6. The lowest BCUT2D eigenvalue weighted by Crippen LogP contribution is -2.21. The fourth-order valence-electron chi connectivity index (χ4n) is 3.43. The molecule has 3 heterocycles. The van der Waals surface area contributed by atoms with Gasteiger partial charge in [-0.15, -0.1) is 0 Å².